The second-order valence-corrected chi connectivity index (χ2v) is 3.97. The van der Waals surface area contributed by atoms with Gasteiger partial charge in [-0.05, 0) is 6.42 Å². The average Bonchev–Trinajstić information content (AvgIpc) is 2.81. The van der Waals surface area contributed by atoms with E-state index in [-0.39, 0.29) is 11.9 Å². The molecule has 2 atom stereocenters. The van der Waals surface area contributed by atoms with Gasteiger partial charge in [-0.15, -0.1) is 0 Å². The van der Waals surface area contributed by atoms with Gasteiger partial charge < -0.3 is 14.0 Å². The fourth-order valence-corrected chi connectivity index (χ4v) is 1.82. The number of carbonyl (C=O) groups is 1. The Labute approximate surface area is 99.3 Å². The van der Waals surface area contributed by atoms with Gasteiger partial charge in [0.1, 0.15) is 17.8 Å². The van der Waals surface area contributed by atoms with Gasteiger partial charge in [0.2, 0.25) is 11.7 Å². The van der Waals surface area contributed by atoms with Crippen LogP contribution in [-0.4, -0.2) is 36.2 Å². The maximum absolute atomic E-state index is 11.7. The molecule has 0 spiro atoms. The summed E-state index contributed by atoms with van der Waals surface area (Å²) in [7, 11) is 1.60. The third kappa shape index (κ3) is 2.53. The molecule has 0 N–H and O–H groups in total. The van der Waals surface area contributed by atoms with Gasteiger partial charge in [0.25, 0.3) is 0 Å². The van der Waals surface area contributed by atoms with Crippen molar-refractivity contribution in [3.8, 4) is 0 Å². The number of rotatable bonds is 4. The minimum Gasteiger partial charge on any atom is -0.380 e. The lowest BCUT2D eigenvalue weighted by Gasteiger charge is -2.17. The fourth-order valence-electron chi connectivity index (χ4n) is 1.82. The van der Waals surface area contributed by atoms with Crippen LogP contribution in [0.4, 0.5) is 0 Å². The standard InChI is InChI=1S/C11H16N2O4/c1-3-9(15-2)10-12-11(17-13-10)7-6-16-5-4-8(7)14/h7,9H,3-6H2,1-2H3. The van der Waals surface area contributed by atoms with E-state index in [1.807, 2.05) is 6.92 Å². The van der Waals surface area contributed by atoms with E-state index in [9.17, 15) is 4.79 Å². The first-order chi connectivity index (χ1) is 8.26. The largest absolute Gasteiger partial charge is 0.380 e. The van der Waals surface area contributed by atoms with E-state index in [1.165, 1.54) is 0 Å². The Bertz CT molecular complexity index is 387. The van der Waals surface area contributed by atoms with Crippen molar-refractivity contribution in [1.82, 2.24) is 10.1 Å². The van der Waals surface area contributed by atoms with Crippen LogP contribution in [0.3, 0.4) is 0 Å². The first-order valence-electron chi connectivity index (χ1n) is 5.73. The molecule has 1 saturated heterocycles. The van der Waals surface area contributed by atoms with Gasteiger partial charge >= 0.3 is 0 Å². The van der Waals surface area contributed by atoms with E-state index in [1.54, 1.807) is 7.11 Å². The normalized spacial score (nSPS) is 22.7. The Kier molecular flexibility index (Phi) is 3.86. The van der Waals surface area contributed by atoms with Crippen molar-refractivity contribution in [2.24, 2.45) is 0 Å². The lowest BCUT2D eigenvalue weighted by atomic mass is 10.0. The van der Waals surface area contributed by atoms with Crippen molar-refractivity contribution in [2.45, 2.75) is 31.8 Å². The molecule has 0 aliphatic carbocycles. The molecule has 1 aromatic rings. The minimum atomic E-state index is -0.417. The van der Waals surface area contributed by atoms with Crippen LogP contribution < -0.4 is 0 Å². The molecule has 1 fully saturated rings. The molecule has 0 amide bonds. The van der Waals surface area contributed by atoms with Crippen molar-refractivity contribution in [1.29, 1.82) is 0 Å². The van der Waals surface area contributed by atoms with E-state index in [4.69, 9.17) is 14.0 Å². The van der Waals surface area contributed by atoms with Crippen LogP contribution in [0, 0.1) is 0 Å². The number of methoxy groups -OCH3 is 1. The van der Waals surface area contributed by atoms with E-state index >= 15 is 0 Å². The smallest absolute Gasteiger partial charge is 0.239 e. The maximum atomic E-state index is 11.7. The third-order valence-corrected chi connectivity index (χ3v) is 2.86. The van der Waals surface area contributed by atoms with E-state index in [0.29, 0.717) is 31.3 Å². The lowest BCUT2D eigenvalue weighted by Crippen LogP contribution is -2.25. The fraction of sp³-hybridized carbons (Fsp3) is 0.727. The number of hydrogen-bond acceptors (Lipinski definition) is 6. The summed E-state index contributed by atoms with van der Waals surface area (Å²) in [5, 5.41) is 3.85. The molecule has 2 rings (SSSR count). The van der Waals surface area contributed by atoms with Gasteiger partial charge in [-0.2, -0.15) is 4.98 Å². The molecule has 2 heterocycles. The van der Waals surface area contributed by atoms with Crippen LogP contribution in [-0.2, 0) is 14.3 Å². The Morgan fingerprint density at radius 3 is 3.06 bits per heavy atom. The zero-order valence-corrected chi connectivity index (χ0v) is 10.0. The third-order valence-electron chi connectivity index (χ3n) is 2.86. The average molecular weight is 240 g/mol. The van der Waals surface area contributed by atoms with Crippen molar-refractivity contribution >= 4 is 5.78 Å². The van der Waals surface area contributed by atoms with Crippen LogP contribution in [0.5, 0.6) is 0 Å². The molecule has 1 aliphatic rings. The molecule has 0 aromatic carbocycles. The number of aromatic nitrogens is 2. The molecule has 0 radical (unpaired) electrons. The second kappa shape index (κ2) is 5.37. The predicted molar refractivity (Wildman–Crippen MR) is 57.5 cm³/mol. The Hall–Kier alpha value is -1.27. The minimum absolute atomic E-state index is 0.0944. The van der Waals surface area contributed by atoms with Crippen LogP contribution in [0.15, 0.2) is 4.52 Å². The Morgan fingerprint density at radius 1 is 1.59 bits per heavy atom. The summed E-state index contributed by atoms with van der Waals surface area (Å²) in [6.07, 6.45) is 0.973. The van der Waals surface area contributed by atoms with Gasteiger partial charge in [-0.3, -0.25) is 4.79 Å². The van der Waals surface area contributed by atoms with E-state index in [2.05, 4.69) is 10.1 Å². The molecule has 1 aliphatic heterocycles. The highest BCUT2D eigenvalue weighted by Gasteiger charge is 2.30. The zero-order chi connectivity index (χ0) is 12.3. The molecular weight excluding hydrogens is 224 g/mol. The maximum Gasteiger partial charge on any atom is 0.239 e. The molecular formula is C11H16N2O4. The molecule has 17 heavy (non-hydrogen) atoms. The Balaban J connectivity index is 2.14. The monoisotopic (exact) mass is 240 g/mol. The summed E-state index contributed by atoms with van der Waals surface area (Å²) in [6, 6.07) is 0. The number of nitrogens with zero attached hydrogens (tertiary/aromatic N) is 2. The summed E-state index contributed by atoms with van der Waals surface area (Å²) in [6.45, 7) is 2.77. The summed E-state index contributed by atoms with van der Waals surface area (Å²) in [5.41, 5.74) is 0. The molecule has 6 nitrogen and oxygen atoms in total. The number of hydrogen-bond donors (Lipinski definition) is 0. The second-order valence-electron chi connectivity index (χ2n) is 3.97. The van der Waals surface area contributed by atoms with Gasteiger partial charge in [-0.1, -0.05) is 12.1 Å². The van der Waals surface area contributed by atoms with Crippen molar-refractivity contribution in [3.05, 3.63) is 11.7 Å². The highest BCUT2D eigenvalue weighted by Crippen LogP contribution is 2.24. The van der Waals surface area contributed by atoms with E-state index < -0.39 is 5.92 Å². The van der Waals surface area contributed by atoms with Crippen LogP contribution in [0.2, 0.25) is 0 Å². The van der Waals surface area contributed by atoms with Gasteiger partial charge in [0, 0.05) is 13.5 Å². The molecule has 6 heteroatoms. The first-order valence-corrected chi connectivity index (χ1v) is 5.73. The van der Waals surface area contributed by atoms with Crippen molar-refractivity contribution < 1.29 is 18.8 Å². The molecule has 94 valence electrons. The topological polar surface area (TPSA) is 74.5 Å². The highest BCUT2D eigenvalue weighted by atomic mass is 16.5. The summed E-state index contributed by atoms with van der Waals surface area (Å²) in [5.74, 6) is 0.500. The SMILES string of the molecule is CCC(OC)c1noc(C2COCCC2=O)n1. The van der Waals surface area contributed by atoms with Crippen molar-refractivity contribution in [3.63, 3.8) is 0 Å². The van der Waals surface area contributed by atoms with Gasteiger partial charge in [0.05, 0.1) is 13.2 Å². The molecule has 1 aromatic heterocycles. The van der Waals surface area contributed by atoms with Gasteiger partial charge in [-0.25, -0.2) is 0 Å². The molecule has 2 unspecified atom stereocenters. The highest BCUT2D eigenvalue weighted by molar-refractivity contribution is 5.85. The summed E-state index contributed by atoms with van der Waals surface area (Å²) >= 11 is 0. The number of carbonyl (C=O) groups excluding carboxylic acids is 1. The lowest BCUT2D eigenvalue weighted by molar-refractivity contribution is -0.127. The van der Waals surface area contributed by atoms with Crippen LogP contribution in [0.25, 0.3) is 0 Å². The number of ether oxygens (including phenoxy) is 2. The zero-order valence-electron chi connectivity index (χ0n) is 10.0. The van der Waals surface area contributed by atoms with Gasteiger partial charge in [0.15, 0.2) is 0 Å². The Morgan fingerprint density at radius 2 is 2.41 bits per heavy atom. The first kappa shape index (κ1) is 12.2. The molecule has 0 saturated carbocycles. The van der Waals surface area contributed by atoms with Crippen LogP contribution in [0.1, 0.15) is 43.5 Å². The number of Topliss-reactive ketones (excluding diaryl/α,β-unsaturated/α-hetero) is 1. The van der Waals surface area contributed by atoms with Crippen LogP contribution >= 0.6 is 0 Å². The van der Waals surface area contributed by atoms with E-state index in [0.717, 1.165) is 6.42 Å². The summed E-state index contributed by atoms with van der Waals surface area (Å²) in [4.78, 5) is 15.9. The van der Waals surface area contributed by atoms with Crippen molar-refractivity contribution in [2.75, 3.05) is 20.3 Å². The summed E-state index contributed by atoms with van der Waals surface area (Å²) < 4.78 is 15.6. The number of ketones is 1. The molecule has 0 bridgehead atoms. The quantitative estimate of drug-likeness (QED) is 0.788. The predicted octanol–water partition coefficient (Wildman–Crippen LogP) is 1.24.